The van der Waals surface area contributed by atoms with Gasteiger partial charge in [0.1, 0.15) is 11.0 Å². The molecule has 2 rings (SSSR count). The molecule has 0 radical (unpaired) electrons. The largest absolute Gasteiger partial charge is 0.332 e. The van der Waals surface area contributed by atoms with Crippen molar-refractivity contribution in [3.8, 4) is 0 Å². The van der Waals surface area contributed by atoms with Crippen LogP contribution < -0.4 is 5.32 Å². The molecule has 2 aromatic rings. The molecular formula is C12H14ClFN2. The zero-order chi connectivity index (χ0) is 11.7. The van der Waals surface area contributed by atoms with Crippen LogP contribution in [0.5, 0.6) is 0 Å². The molecule has 0 aliphatic rings. The quantitative estimate of drug-likeness (QED) is 0.873. The number of hydrogen-bond donors (Lipinski definition) is 1. The van der Waals surface area contributed by atoms with E-state index in [1.165, 1.54) is 6.07 Å². The highest BCUT2D eigenvalue weighted by atomic mass is 35.5. The van der Waals surface area contributed by atoms with Crippen molar-refractivity contribution in [3.05, 3.63) is 34.7 Å². The van der Waals surface area contributed by atoms with Crippen LogP contribution in [0.4, 0.5) is 4.39 Å². The first-order valence-corrected chi connectivity index (χ1v) is 5.60. The first kappa shape index (κ1) is 11.4. The van der Waals surface area contributed by atoms with Crippen LogP contribution in [0.2, 0.25) is 5.15 Å². The van der Waals surface area contributed by atoms with E-state index in [9.17, 15) is 4.39 Å². The SMILES string of the molecule is CNCCc1c(Cl)n(C)c2c(F)cccc12. The topological polar surface area (TPSA) is 17.0 Å². The third-order valence-corrected chi connectivity index (χ3v) is 3.30. The zero-order valence-electron chi connectivity index (χ0n) is 9.35. The Morgan fingerprint density at radius 1 is 1.44 bits per heavy atom. The Balaban J connectivity index is 2.64. The van der Waals surface area contributed by atoms with Gasteiger partial charge in [0.15, 0.2) is 0 Å². The lowest BCUT2D eigenvalue weighted by molar-refractivity contribution is 0.632. The molecule has 86 valence electrons. The zero-order valence-corrected chi connectivity index (χ0v) is 10.1. The molecule has 0 unspecified atom stereocenters. The number of benzene rings is 1. The molecule has 0 atom stereocenters. The maximum Gasteiger partial charge on any atom is 0.147 e. The maximum atomic E-state index is 13.7. The van der Waals surface area contributed by atoms with Gasteiger partial charge in [-0.2, -0.15) is 0 Å². The van der Waals surface area contributed by atoms with Gasteiger partial charge >= 0.3 is 0 Å². The molecule has 1 aromatic carbocycles. The molecule has 4 heteroatoms. The Morgan fingerprint density at radius 2 is 2.19 bits per heavy atom. The summed E-state index contributed by atoms with van der Waals surface area (Å²) >= 11 is 6.21. The molecule has 2 nitrogen and oxygen atoms in total. The van der Waals surface area contributed by atoms with E-state index in [1.54, 1.807) is 17.7 Å². The van der Waals surface area contributed by atoms with Crippen molar-refractivity contribution >= 4 is 22.5 Å². The molecule has 0 saturated carbocycles. The van der Waals surface area contributed by atoms with E-state index in [0.29, 0.717) is 10.7 Å². The normalized spacial score (nSPS) is 11.2. The molecule has 0 fully saturated rings. The molecular weight excluding hydrogens is 227 g/mol. The van der Waals surface area contributed by atoms with Crippen LogP contribution in [0.3, 0.4) is 0 Å². The van der Waals surface area contributed by atoms with Crippen LogP contribution in [0, 0.1) is 5.82 Å². The number of fused-ring (bicyclic) bond motifs is 1. The molecule has 0 aliphatic carbocycles. The van der Waals surface area contributed by atoms with E-state index >= 15 is 0 Å². The van der Waals surface area contributed by atoms with Crippen LogP contribution in [-0.4, -0.2) is 18.2 Å². The fourth-order valence-electron chi connectivity index (χ4n) is 2.00. The molecule has 1 N–H and O–H groups in total. The number of likely N-dealkylation sites (N-methyl/N-ethyl adjacent to an activating group) is 1. The Bertz CT molecular complexity index is 519. The highest BCUT2D eigenvalue weighted by Crippen LogP contribution is 2.30. The molecule has 0 amide bonds. The van der Waals surface area contributed by atoms with E-state index in [1.807, 2.05) is 13.1 Å². The second kappa shape index (κ2) is 4.44. The predicted octanol–water partition coefficient (Wildman–Crippen LogP) is 2.73. The van der Waals surface area contributed by atoms with Gasteiger partial charge in [-0.3, -0.25) is 0 Å². The van der Waals surface area contributed by atoms with Gasteiger partial charge in [-0.15, -0.1) is 0 Å². The van der Waals surface area contributed by atoms with Gasteiger partial charge < -0.3 is 9.88 Å². The van der Waals surface area contributed by atoms with Crippen molar-refractivity contribution in [1.29, 1.82) is 0 Å². The van der Waals surface area contributed by atoms with Crippen LogP contribution in [0.25, 0.3) is 10.9 Å². The lowest BCUT2D eigenvalue weighted by atomic mass is 10.1. The smallest absolute Gasteiger partial charge is 0.147 e. The van der Waals surface area contributed by atoms with E-state index in [-0.39, 0.29) is 5.82 Å². The predicted molar refractivity (Wildman–Crippen MR) is 65.5 cm³/mol. The van der Waals surface area contributed by atoms with Gasteiger partial charge in [-0.05, 0) is 31.6 Å². The number of aromatic nitrogens is 1. The standard InChI is InChI=1S/C12H14ClFN2/c1-15-7-6-9-8-4-3-5-10(14)11(8)16(2)12(9)13/h3-5,15H,6-7H2,1-2H3. The Labute approximate surface area is 99.0 Å². The Hall–Kier alpha value is -1.06. The van der Waals surface area contributed by atoms with Crippen LogP contribution in [-0.2, 0) is 13.5 Å². The summed E-state index contributed by atoms with van der Waals surface area (Å²) in [6.45, 7) is 0.829. The first-order chi connectivity index (χ1) is 7.66. The number of halogens is 2. The molecule has 1 heterocycles. The van der Waals surface area contributed by atoms with Crippen molar-refractivity contribution in [1.82, 2.24) is 9.88 Å². The van der Waals surface area contributed by atoms with Crippen molar-refractivity contribution in [3.63, 3.8) is 0 Å². The number of hydrogen-bond acceptors (Lipinski definition) is 1. The number of nitrogens with one attached hydrogen (secondary N) is 1. The number of aryl methyl sites for hydroxylation is 1. The van der Waals surface area contributed by atoms with E-state index < -0.39 is 0 Å². The molecule has 0 saturated heterocycles. The summed E-state index contributed by atoms with van der Waals surface area (Å²) in [6.07, 6.45) is 0.802. The summed E-state index contributed by atoms with van der Waals surface area (Å²) in [6, 6.07) is 5.09. The van der Waals surface area contributed by atoms with Gasteiger partial charge in [-0.25, -0.2) is 4.39 Å². The van der Waals surface area contributed by atoms with Crippen molar-refractivity contribution in [2.24, 2.45) is 7.05 Å². The molecule has 0 spiro atoms. The van der Waals surface area contributed by atoms with Crippen molar-refractivity contribution in [2.45, 2.75) is 6.42 Å². The third-order valence-electron chi connectivity index (χ3n) is 2.82. The Kier molecular flexibility index (Phi) is 3.17. The van der Waals surface area contributed by atoms with E-state index in [2.05, 4.69) is 5.32 Å². The van der Waals surface area contributed by atoms with Crippen molar-refractivity contribution in [2.75, 3.05) is 13.6 Å². The second-order valence-electron chi connectivity index (χ2n) is 3.82. The molecule has 1 aromatic heterocycles. The van der Waals surface area contributed by atoms with Gasteiger partial charge in [0.25, 0.3) is 0 Å². The number of nitrogens with zero attached hydrogens (tertiary/aromatic N) is 1. The maximum absolute atomic E-state index is 13.7. The van der Waals surface area contributed by atoms with E-state index in [4.69, 9.17) is 11.6 Å². The highest BCUT2D eigenvalue weighted by molar-refractivity contribution is 6.32. The Morgan fingerprint density at radius 3 is 2.88 bits per heavy atom. The number of para-hydroxylation sites is 1. The summed E-state index contributed by atoms with van der Waals surface area (Å²) in [5.74, 6) is -0.224. The average molecular weight is 241 g/mol. The summed E-state index contributed by atoms with van der Waals surface area (Å²) in [7, 11) is 3.68. The van der Waals surface area contributed by atoms with Crippen molar-refractivity contribution < 1.29 is 4.39 Å². The minimum absolute atomic E-state index is 0.224. The summed E-state index contributed by atoms with van der Waals surface area (Å²) in [5, 5.41) is 4.60. The average Bonchev–Trinajstić information content (AvgIpc) is 2.51. The minimum Gasteiger partial charge on any atom is -0.332 e. The first-order valence-electron chi connectivity index (χ1n) is 5.22. The summed E-state index contributed by atoms with van der Waals surface area (Å²) in [5.41, 5.74) is 1.59. The molecule has 0 aliphatic heterocycles. The lowest BCUT2D eigenvalue weighted by Crippen LogP contribution is -2.10. The third kappa shape index (κ3) is 1.70. The lowest BCUT2D eigenvalue weighted by Gasteiger charge is -1.99. The van der Waals surface area contributed by atoms with Gasteiger partial charge in [0, 0.05) is 12.4 Å². The van der Waals surface area contributed by atoms with Crippen LogP contribution in [0.15, 0.2) is 18.2 Å². The monoisotopic (exact) mass is 240 g/mol. The summed E-state index contributed by atoms with van der Waals surface area (Å²) < 4.78 is 15.4. The van der Waals surface area contributed by atoms with Crippen LogP contribution in [0.1, 0.15) is 5.56 Å². The van der Waals surface area contributed by atoms with Gasteiger partial charge in [0.05, 0.1) is 5.52 Å². The second-order valence-corrected chi connectivity index (χ2v) is 4.18. The molecule has 0 bridgehead atoms. The highest BCUT2D eigenvalue weighted by Gasteiger charge is 2.15. The fourth-order valence-corrected chi connectivity index (χ4v) is 2.28. The van der Waals surface area contributed by atoms with Gasteiger partial charge in [-0.1, -0.05) is 23.7 Å². The number of rotatable bonds is 3. The molecule has 16 heavy (non-hydrogen) atoms. The fraction of sp³-hybridized carbons (Fsp3) is 0.333. The van der Waals surface area contributed by atoms with E-state index in [0.717, 1.165) is 23.9 Å². The summed E-state index contributed by atoms with van der Waals surface area (Å²) in [4.78, 5) is 0. The minimum atomic E-state index is -0.224. The van der Waals surface area contributed by atoms with Crippen LogP contribution >= 0.6 is 11.6 Å². The van der Waals surface area contributed by atoms with Gasteiger partial charge in [0.2, 0.25) is 0 Å².